The van der Waals surface area contributed by atoms with Crippen molar-refractivity contribution in [1.29, 1.82) is 0 Å². The largest absolute Gasteiger partial charge is 0.497 e. The maximum Gasteiger partial charge on any atom is 0.217 e. The second-order valence-electron chi connectivity index (χ2n) is 9.56. The minimum Gasteiger partial charge on any atom is -0.497 e. The molecule has 5 rings (SSSR count). The lowest BCUT2D eigenvalue weighted by molar-refractivity contribution is -0.119. The summed E-state index contributed by atoms with van der Waals surface area (Å²) < 4.78 is 11.0. The van der Waals surface area contributed by atoms with E-state index in [0.29, 0.717) is 6.54 Å². The van der Waals surface area contributed by atoms with Crippen LogP contribution in [0.4, 0.5) is 0 Å². The Morgan fingerprint density at radius 3 is 1.88 bits per heavy atom. The fourth-order valence-corrected chi connectivity index (χ4v) is 5.33. The monoisotopic (exact) mass is 548 g/mol. The van der Waals surface area contributed by atoms with Gasteiger partial charge in [0.05, 0.1) is 14.2 Å². The highest BCUT2D eigenvalue weighted by molar-refractivity contribution is 5.86. The van der Waals surface area contributed by atoms with E-state index in [1.807, 2.05) is 48.8 Å². The lowest BCUT2D eigenvalue weighted by Crippen LogP contribution is -2.22. The molecule has 1 atom stereocenters. The van der Waals surface area contributed by atoms with Gasteiger partial charge in [0, 0.05) is 50.2 Å². The van der Waals surface area contributed by atoms with Crippen molar-refractivity contribution in [3.63, 3.8) is 0 Å². The molecule has 0 aliphatic rings. The summed E-state index contributed by atoms with van der Waals surface area (Å²) in [6.07, 6.45) is 3.90. The first-order valence-electron chi connectivity index (χ1n) is 13.5. The Bertz CT molecular complexity index is 1510. The molecule has 0 unspecified atom stereocenters. The minimum absolute atomic E-state index is 0.0601. The van der Waals surface area contributed by atoms with E-state index >= 15 is 0 Å². The van der Waals surface area contributed by atoms with Crippen LogP contribution in [0.2, 0.25) is 0 Å². The predicted molar refractivity (Wildman–Crippen MR) is 164 cm³/mol. The van der Waals surface area contributed by atoms with Crippen LogP contribution in [0.25, 0.3) is 10.8 Å². The first kappa shape index (κ1) is 29.3. The standard InChI is InChI=1S/C34H32N2O3.CH4O/c1-23(37)36-21-27-9-5-7-11-31(27)34(32-22-35-20-26-8-4-6-10-30(26)32)33(24-12-16-28(38-2)17-13-24)25-14-18-29(39-3)19-15-25;1-2/h4-20,22,33-34H,21H2,1-3H3,(H,36,37);2H,1H3/t34-;/m1./s1. The van der Waals surface area contributed by atoms with Crippen LogP contribution in [-0.2, 0) is 11.3 Å². The first-order chi connectivity index (χ1) is 20.1. The van der Waals surface area contributed by atoms with Crippen LogP contribution in [0.3, 0.4) is 0 Å². The molecule has 6 heteroatoms. The molecule has 2 N–H and O–H groups in total. The van der Waals surface area contributed by atoms with E-state index < -0.39 is 0 Å². The van der Waals surface area contributed by atoms with Gasteiger partial charge in [0.2, 0.25) is 5.91 Å². The fraction of sp³-hybridized carbons (Fsp3) is 0.200. The number of methoxy groups -OCH3 is 2. The zero-order valence-corrected chi connectivity index (χ0v) is 23.9. The quantitative estimate of drug-likeness (QED) is 0.221. The van der Waals surface area contributed by atoms with Gasteiger partial charge in [-0.15, -0.1) is 0 Å². The number of aliphatic hydroxyl groups excluding tert-OH is 1. The van der Waals surface area contributed by atoms with Gasteiger partial charge in [-0.1, -0.05) is 72.8 Å². The van der Waals surface area contributed by atoms with Crippen molar-refractivity contribution in [2.24, 2.45) is 0 Å². The normalized spacial score (nSPS) is 11.4. The van der Waals surface area contributed by atoms with Crippen LogP contribution in [0.5, 0.6) is 11.5 Å². The number of rotatable bonds is 9. The van der Waals surface area contributed by atoms with Gasteiger partial charge >= 0.3 is 0 Å². The molecular weight excluding hydrogens is 512 g/mol. The molecule has 1 amide bonds. The zero-order valence-electron chi connectivity index (χ0n) is 23.9. The van der Waals surface area contributed by atoms with E-state index in [9.17, 15) is 4.79 Å². The van der Waals surface area contributed by atoms with Crippen molar-refractivity contribution in [1.82, 2.24) is 10.3 Å². The summed E-state index contributed by atoms with van der Waals surface area (Å²) in [6, 6.07) is 33.3. The average Bonchev–Trinajstić information content (AvgIpc) is 3.04. The van der Waals surface area contributed by atoms with E-state index in [2.05, 4.69) is 71.0 Å². The third-order valence-electron chi connectivity index (χ3n) is 7.24. The Hall–Kier alpha value is -4.68. The molecule has 4 aromatic carbocycles. The molecule has 1 aromatic heterocycles. The third kappa shape index (κ3) is 6.73. The van der Waals surface area contributed by atoms with Crippen molar-refractivity contribution in [3.05, 3.63) is 137 Å². The van der Waals surface area contributed by atoms with Gasteiger partial charge in [0.15, 0.2) is 0 Å². The number of amides is 1. The molecule has 0 bridgehead atoms. The Morgan fingerprint density at radius 1 is 0.732 bits per heavy atom. The average molecular weight is 549 g/mol. The molecule has 6 nitrogen and oxygen atoms in total. The molecule has 0 fully saturated rings. The maximum atomic E-state index is 11.9. The lowest BCUT2D eigenvalue weighted by atomic mass is 9.72. The Balaban J connectivity index is 0.00000189. The Morgan fingerprint density at radius 2 is 1.29 bits per heavy atom. The fourth-order valence-electron chi connectivity index (χ4n) is 5.33. The molecule has 0 saturated heterocycles. The lowest BCUT2D eigenvalue weighted by Gasteiger charge is -2.31. The van der Waals surface area contributed by atoms with E-state index in [0.717, 1.165) is 57.2 Å². The Labute approximate surface area is 241 Å². The molecule has 41 heavy (non-hydrogen) atoms. The smallest absolute Gasteiger partial charge is 0.217 e. The first-order valence-corrected chi connectivity index (χ1v) is 13.5. The molecule has 0 aliphatic heterocycles. The molecule has 1 heterocycles. The number of hydrogen-bond donors (Lipinski definition) is 2. The van der Waals surface area contributed by atoms with E-state index in [-0.39, 0.29) is 17.7 Å². The number of aromatic nitrogens is 1. The molecule has 5 aromatic rings. The van der Waals surface area contributed by atoms with Crippen molar-refractivity contribution >= 4 is 16.7 Å². The highest BCUT2D eigenvalue weighted by Gasteiger charge is 2.31. The number of benzene rings is 4. The molecule has 210 valence electrons. The van der Waals surface area contributed by atoms with Crippen LogP contribution in [0, 0.1) is 0 Å². The van der Waals surface area contributed by atoms with Gasteiger partial charge < -0.3 is 19.9 Å². The molecule has 0 aliphatic carbocycles. The summed E-state index contributed by atoms with van der Waals surface area (Å²) in [5, 5.41) is 12.2. The van der Waals surface area contributed by atoms with Crippen LogP contribution >= 0.6 is 0 Å². The van der Waals surface area contributed by atoms with Gasteiger partial charge in [0.1, 0.15) is 11.5 Å². The van der Waals surface area contributed by atoms with Crippen molar-refractivity contribution in [3.8, 4) is 11.5 Å². The maximum absolute atomic E-state index is 11.9. The van der Waals surface area contributed by atoms with Crippen LogP contribution in [0.15, 0.2) is 109 Å². The number of carbonyl (C=O) groups is 1. The number of fused-ring (bicyclic) bond motifs is 1. The highest BCUT2D eigenvalue weighted by Crippen LogP contribution is 2.46. The van der Waals surface area contributed by atoms with Gasteiger partial charge in [-0.05, 0) is 57.5 Å². The molecule has 0 spiro atoms. The van der Waals surface area contributed by atoms with Gasteiger partial charge in [-0.25, -0.2) is 0 Å². The molecule has 0 saturated carbocycles. The summed E-state index contributed by atoms with van der Waals surface area (Å²) in [4.78, 5) is 16.6. The zero-order chi connectivity index (χ0) is 29.2. The molecular formula is C35H36N2O4. The number of carbonyl (C=O) groups excluding carboxylic acids is 1. The minimum atomic E-state index is -0.102. The topological polar surface area (TPSA) is 80.7 Å². The second-order valence-corrected chi connectivity index (χ2v) is 9.56. The van der Waals surface area contributed by atoms with Crippen molar-refractivity contribution in [2.75, 3.05) is 21.3 Å². The SMILES string of the molecule is CO.COc1ccc(C(c2ccc(OC)cc2)[C@H](c2ccccc2CNC(C)=O)c2cncc3ccccc23)cc1. The van der Waals surface area contributed by atoms with E-state index in [1.54, 1.807) is 21.1 Å². The number of aliphatic hydroxyl groups is 1. The van der Waals surface area contributed by atoms with Gasteiger partial charge in [-0.2, -0.15) is 0 Å². The van der Waals surface area contributed by atoms with Gasteiger partial charge in [-0.3, -0.25) is 9.78 Å². The predicted octanol–water partition coefficient (Wildman–Crippen LogP) is 6.46. The number of pyridine rings is 1. The third-order valence-corrected chi connectivity index (χ3v) is 7.24. The summed E-state index contributed by atoms with van der Waals surface area (Å²) in [6.45, 7) is 1.99. The molecule has 0 radical (unpaired) electrons. The van der Waals surface area contributed by atoms with Crippen molar-refractivity contribution < 1.29 is 19.4 Å². The summed E-state index contributed by atoms with van der Waals surface area (Å²) in [5.74, 6) is 1.39. The van der Waals surface area contributed by atoms with Crippen LogP contribution in [-0.4, -0.2) is 37.3 Å². The summed E-state index contributed by atoms with van der Waals surface area (Å²) in [7, 11) is 4.36. The number of nitrogens with zero attached hydrogens (tertiary/aromatic N) is 1. The highest BCUT2D eigenvalue weighted by atomic mass is 16.5. The number of nitrogens with one attached hydrogen (secondary N) is 1. The Kier molecular flexibility index (Phi) is 10.1. The number of ether oxygens (including phenoxy) is 2. The van der Waals surface area contributed by atoms with Gasteiger partial charge in [0.25, 0.3) is 0 Å². The number of hydrogen-bond acceptors (Lipinski definition) is 5. The second kappa shape index (κ2) is 14.1. The van der Waals surface area contributed by atoms with E-state index in [4.69, 9.17) is 14.6 Å². The summed E-state index contributed by atoms with van der Waals surface area (Å²) in [5.41, 5.74) is 5.63. The van der Waals surface area contributed by atoms with Crippen molar-refractivity contribution in [2.45, 2.75) is 25.3 Å². The summed E-state index contributed by atoms with van der Waals surface area (Å²) >= 11 is 0. The van der Waals surface area contributed by atoms with Crippen LogP contribution in [0.1, 0.15) is 46.6 Å². The van der Waals surface area contributed by atoms with E-state index in [1.165, 1.54) is 0 Å². The van der Waals surface area contributed by atoms with Crippen LogP contribution < -0.4 is 14.8 Å².